The first-order valence-corrected chi connectivity index (χ1v) is 6.80. The lowest BCUT2D eigenvalue weighted by molar-refractivity contribution is -0.119. The molecule has 2 amide bonds. The van der Waals surface area contributed by atoms with Gasteiger partial charge in [0.2, 0.25) is 5.91 Å². The molecule has 0 saturated carbocycles. The topological polar surface area (TPSA) is 58.6 Å². The van der Waals surface area contributed by atoms with Gasteiger partial charge in [0.15, 0.2) is 0 Å². The van der Waals surface area contributed by atoms with Crippen LogP contribution in [0.5, 0.6) is 0 Å². The number of anilines is 1. The number of amides is 2. The van der Waals surface area contributed by atoms with Gasteiger partial charge in [0.05, 0.1) is 13.1 Å². The number of nitrogens with zero attached hydrogens (tertiary/aromatic N) is 1. The van der Waals surface area contributed by atoms with Gasteiger partial charge in [-0.15, -0.1) is 0 Å². The predicted octanol–water partition coefficient (Wildman–Crippen LogP) is 2.27. The van der Waals surface area contributed by atoms with E-state index in [-0.39, 0.29) is 18.1 Å². The molecule has 5 nitrogen and oxygen atoms in total. The van der Waals surface area contributed by atoms with Crippen LogP contribution in [0.3, 0.4) is 0 Å². The van der Waals surface area contributed by atoms with Gasteiger partial charge in [0.1, 0.15) is 6.10 Å². The van der Waals surface area contributed by atoms with Gasteiger partial charge in [-0.1, -0.05) is 26.0 Å². The number of rotatable bonds is 4. The lowest BCUT2D eigenvalue weighted by atomic mass is 10.0. The molecule has 0 bridgehead atoms. The molecule has 0 spiro atoms. The molecule has 1 aliphatic rings. The molecule has 2 rings (SSSR count). The van der Waals surface area contributed by atoms with Crippen LogP contribution in [-0.2, 0) is 9.53 Å². The third-order valence-corrected chi connectivity index (χ3v) is 3.32. The van der Waals surface area contributed by atoms with Crippen molar-refractivity contribution in [2.24, 2.45) is 0 Å². The molecule has 1 aromatic carbocycles. The van der Waals surface area contributed by atoms with Crippen molar-refractivity contribution in [1.82, 2.24) is 5.32 Å². The van der Waals surface area contributed by atoms with Gasteiger partial charge >= 0.3 is 6.09 Å². The molecule has 0 radical (unpaired) electrons. The first-order valence-electron chi connectivity index (χ1n) is 6.80. The molecular formula is C15H20N2O3. The van der Waals surface area contributed by atoms with Crippen LogP contribution < -0.4 is 10.2 Å². The second kappa shape index (κ2) is 5.94. The van der Waals surface area contributed by atoms with E-state index in [0.717, 1.165) is 5.69 Å². The summed E-state index contributed by atoms with van der Waals surface area (Å²) in [5.74, 6) is 0.336. The minimum atomic E-state index is -0.363. The summed E-state index contributed by atoms with van der Waals surface area (Å²) < 4.78 is 5.23. The van der Waals surface area contributed by atoms with Crippen molar-refractivity contribution < 1.29 is 14.3 Å². The Kier molecular flexibility index (Phi) is 4.27. The van der Waals surface area contributed by atoms with Crippen molar-refractivity contribution in [2.75, 3.05) is 18.0 Å². The second-order valence-corrected chi connectivity index (χ2v) is 5.30. The zero-order valence-corrected chi connectivity index (χ0v) is 12.1. The van der Waals surface area contributed by atoms with Crippen molar-refractivity contribution in [2.45, 2.75) is 32.8 Å². The Morgan fingerprint density at radius 1 is 1.40 bits per heavy atom. The van der Waals surface area contributed by atoms with Crippen LogP contribution in [0.15, 0.2) is 24.3 Å². The fourth-order valence-corrected chi connectivity index (χ4v) is 2.14. The van der Waals surface area contributed by atoms with Gasteiger partial charge < -0.3 is 10.1 Å². The Hall–Kier alpha value is -2.04. The lowest BCUT2D eigenvalue weighted by Gasteiger charge is -2.14. The van der Waals surface area contributed by atoms with Crippen LogP contribution in [-0.4, -0.2) is 31.2 Å². The summed E-state index contributed by atoms with van der Waals surface area (Å²) in [5, 5.41) is 2.66. The van der Waals surface area contributed by atoms with Crippen molar-refractivity contribution in [3.8, 4) is 0 Å². The Bertz CT molecular complexity index is 496. The van der Waals surface area contributed by atoms with Crippen LogP contribution in [0, 0.1) is 0 Å². The number of hydrogen-bond donors (Lipinski definition) is 1. The molecule has 5 heteroatoms. The Labute approximate surface area is 118 Å². The SMILES string of the molecule is CC(=O)NCC1CN(c2ccc(C(C)C)cc2)C(=O)O1. The highest BCUT2D eigenvalue weighted by molar-refractivity contribution is 5.89. The van der Waals surface area contributed by atoms with Gasteiger partial charge in [-0.25, -0.2) is 4.79 Å². The van der Waals surface area contributed by atoms with Crippen LogP contribution in [0.4, 0.5) is 10.5 Å². The number of ether oxygens (including phenoxy) is 1. The van der Waals surface area contributed by atoms with E-state index in [2.05, 4.69) is 19.2 Å². The van der Waals surface area contributed by atoms with Gasteiger partial charge in [-0.2, -0.15) is 0 Å². The van der Waals surface area contributed by atoms with Gasteiger partial charge in [0.25, 0.3) is 0 Å². The Morgan fingerprint density at radius 2 is 2.05 bits per heavy atom. The van der Waals surface area contributed by atoms with Gasteiger partial charge in [-0.3, -0.25) is 9.69 Å². The summed E-state index contributed by atoms with van der Waals surface area (Å²) in [6, 6.07) is 7.90. The van der Waals surface area contributed by atoms with Crippen LogP contribution in [0.2, 0.25) is 0 Å². The summed E-state index contributed by atoms with van der Waals surface area (Å²) in [4.78, 5) is 24.3. The third-order valence-electron chi connectivity index (χ3n) is 3.32. The van der Waals surface area contributed by atoms with Crippen LogP contribution >= 0.6 is 0 Å². The number of carbonyl (C=O) groups is 2. The number of nitrogens with one attached hydrogen (secondary N) is 1. The highest BCUT2D eigenvalue weighted by atomic mass is 16.6. The Balaban J connectivity index is 2.02. The van der Waals surface area contributed by atoms with Crippen LogP contribution in [0.1, 0.15) is 32.3 Å². The number of carbonyl (C=O) groups excluding carboxylic acids is 2. The number of benzene rings is 1. The van der Waals surface area contributed by atoms with E-state index in [1.54, 1.807) is 4.90 Å². The molecule has 0 aliphatic carbocycles. The van der Waals surface area contributed by atoms with E-state index in [1.807, 2.05) is 24.3 Å². The van der Waals surface area contributed by atoms with E-state index in [1.165, 1.54) is 12.5 Å². The average molecular weight is 276 g/mol. The van der Waals surface area contributed by atoms with Gasteiger partial charge in [0, 0.05) is 12.6 Å². The third kappa shape index (κ3) is 3.29. The van der Waals surface area contributed by atoms with E-state index in [4.69, 9.17) is 4.74 Å². The molecule has 0 aromatic heterocycles. The first kappa shape index (κ1) is 14.4. The van der Waals surface area contributed by atoms with Crippen molar-refractivity contribution in [3.05, 3.63) is 29.8 Å². The number of hydrogen-bond acceptors (Lipinski definition) is 3. The fraction of sp³-hybridized carbons (Fsp3) is 0.467. The molecule has 20 heavy (non-hydrogen) atoms. The molecule has 1 fully saturated rings. The van der Waals surface area contributed by atoms with E-state index < -0.39 is 0 Å². The molecular weight excluding hydrogens is 256 g/mol. The van der Waals surface area contributed by atoms with E-state index in [0.29, 0.717) is 19.0 Å². The highest BCUT2D eigenvalue weighted by Crippen LogP contribution is 2.24. The summed E-state index contributed by atoms with van der Waals surface area (Å²) in [6.45, 7) is 6.51. The zero-order chi connectivity index (χ0) is 14.7. The first-order chi connectivity index (χ1) is 9.47. The summed E-state index contributed by atoms with van der Waals surface area (Å²) in [5.41, 5.74) is 2.06. The molecule has 1 atom stereocenters. The summed E-state index contributed by atoms with van der Waals surface area (Å²) in [7, 11) is 0. The minimum absolute atomic E-state index is 0.124. The zero-order valence-electron chi connectivity index (χ0n) is 12.1. The fourth-order valence-electron chi connectivity index (χ4n) is 2.14. The molecule has 1 saturated heterocycles. The number of cyclic esters (lactones) is 1. The monoisotopic (exact) mass is 276 g/mol. The second-order valence-electron chi connectivity index (χ2n) is 5.30. The van der Waals surface area contributed by atoms with Crippen LogP contribution in [0.25, 0.3) is 0 Å². The average Bonchev–Trinajstić information content (AvgIpc) is 2.78. The molecule has 1 unspecified atom stereocenters. The standard InChI is InChI=1S/C15H20N2O3/c1-10(2)12-4-6-13(7-5-12)17-9-14(20-15(17)19)8-16-11(3)18/h4-7,10,14H,8-9H2,1-3H3,(H,16,18). The molecule has 1 aliphatic heterocycles. The van der Waals surface area contributed by atoms with Crippen molar-refractivity contribution in [3.63, 3.8) is 0 Å². The maximum atomic E-state index is 11.8. The largest absolute Gasteiger partial charge is 0.442 e. The highest BCUT2D eigenvalue weighted by Gasteiger charge is 2.32. The summed E-state index contributed by atoms with van der Waals surface area (Å²) >= 11 is 0. The van der Waals surface area contributed by atoms with E-state index in [9.17, 15) is 9.59 Å². The smallest absolute Gasteiger partial charge is 0.414 e. The maximum Gasteiger partial charge on any atom is 0.414 e. The quantitative estimate of drug-likeness (QED) is 0.917. The van der Waals surface area contributed by atoms with Gasteiger partial charge in [-0.05, 0) is 23.6 Å². The van der Waals surface area contributed by atoms with Crippen molar-refractivity contribution >= 4 is 17.7 Å². The van der Waals surface area contributed by atoms with E-state index >= 15 is 0 Å². The normalized spacial score (nSPS) is 18.3. The minimum Gasteiger partial charge on any atom is -0.442 e. The lowest BCUT2D eigenvalue weighted by Crippen LogP contribution is -2.33. The maximum absolute atomic E-state index is 11.8. The molecule has 1 aromatic rings. The molecule has 1 heterocycles. The Morgan fingerprint density at radius 3 is 2.60 bits per heavy atom. The molecule has 108 valence electrons. The van der Waals surface area contributed by atoms with Crippen molar-refractivity contribution in [1.29, 1.82) is 0 Å². The predicted molar refractivity (Wildman–Crippen MR) is 76.8 cm³/mol. The summed E-state index contributed by atoms with van der Waals surface area (Å²) in [6.07, 6.45) is -0.658. The molecule has 1 N–H and O–H groups in total.